The van der Waals surface area contributed by atoms with Crippen molar-refractivity contribution in [3.8, 4) is 0 Å². The van der Waals surface area contributed by atoms with Crippen molar-refractivity contribution in [2.75, 3.05) is 7.11 Å². The van der Waals surface area contributed by atoms with E-state index in [2.05, 4.69) is 0 Å². The average molecular weight is 364 g/mol. The normalized spacial score (nSPS) is 13.7. The van der Waals surface area contributed by atoms with Gasteiger partial charge >= 0.3 is 12.1 Å². The third-order valence-corrected chi connectivity index (χ3v) is 4.21. The lowest BCUT2D eigenvalue weighted by molar-refractivity contribution is -0.171. The van der Waals surface area contributed by atoms with E-state index in [1.807, 2.05) is 13.0 Å². The molecule has 0 bridgehead atoms. The topological polar surface area (TPSA) is 43.4 Å². The number of aryl methyl sites for hydroxylation is 1. The van der Waals surface area contributed by atoms with Crippen molar-refractivity contribution < 1.29 is 27.5 Å². The van der Waals surface area contributed by atoms with Gasteiger partial charge in [-0.3, -0.25) is 9.59 Å². The van der Waals surface area contributed by atoms with Crippen LogP contribution in [0.5, 0.6) is 0 Å². The molecule has 0 unspecified atom stereocenters. The van der Waals surface area contributed by atoms with Gasteiger partial charge in [-0.15, -0.1) is 0 Å². The quantitative estimate of drug-likeness (QED) is 0.706. The summed E-state index contributed by atoms with van der Waals surface area (Å²) in [6.45, 7) is 1.82. The highest BCUT2D eigenvalue weighted by Gasteiger charge is 2.42. The number of Topliss-reactive ketones (excluding diaryl/α,β-unsaturated/α-hetero) is 1. The molecule has 0 radical (unpaired) electrons. The highest BCUT2D eigenvalue weighted by Crippen LogP contribution is 2.39. The molecule has 0 aliphatic carbocycles. The van der Waals surface area contributed by atoms with E-state index in [1.165, 1.54) is 7.11 Å². The molecule has 0 aliphatic heterocycles. The summed E-state index contributed by atoms with van der Waals surface area (Å²) in [7, 11) is 1.18. The minimum absolute atomic E-state index is 0.474. The largest absolute Gasteiger partial charge is 0.469 e. The van der Waals surface area contributed by atoms with E-state index in [4.69, 9.17) is 4.74 Å². The number of halogens is 3. The first-order valence-corrected chi connectivity index (χ1v) is 8.03. The summed E-state index contributed by atoms with van der Waals surface area (Å²) in [6, 6.07) is 15.2. The van der Waals surface area contributed by atoms with E-state index in [1.54, 1.807) is 48.5 Å². The molecular formula is C20H19F3O3. The molecule has 26 heavy (non-hydrogen) atoms. The number of carbonyl (C=O) groups excluding carboxylic acids is 2. The van der Waals surface area contributed by atoms with Gasteiger partial charge in [0.2, 0.25) is 5.78 Å². The Bertz CT molecular complexity index is 769. The van der Waals surface area contributed by atoms with Gasteiger partial charge in [-0.1, -0.05) is 60.2 Å². The lowest BCUT2D eigenvalue weighted by Crippen LogP contribution is -2.29. The van der Waals surface area contributed by atoms with Crippen molar-refractivity contribution in [2.45, 2.75) is 31.4 Å². The third kappa shape index (κ3) is 4.71. The molecule has 2 atom stereocenters. The van der Waals surface area contributed by atoms with Crippen LogP contribution >= 0.6 is 0 Å². The minimum atomic E-state index is -4.96. The Morgan fingerprint density at radius 1 is 1.00 bits per heavy atom. The van der Waals surface area contributed by atoms with Gasteiger partial charge < -0.3 is 4.74 Å². The summed E-state index contributed by atoms with van der Waals surface area (Å²) in [5, 5.41) is 0. The lowest BCUT2D eigenvalue weighted by Gasteiger charge is -2.26. The predicted octanol–water partition coefficient (Wildman–Crippen LogP) is 4.56. The molecule has 2 aromatic rings. The molecule has 0 saturated carbocycles. The van der Waals surface area contributed by atoms with Crippen LogP contribution in [0.15, 0.2) is 54.6 Å². The zero-order valence-corrected chi connectivity index (χ0v) is 14.4. The molecule has 0 heterocycles. The average Bonchev–Trinajstić information content (AvgIpc) is 2.60. The molecule has 0 spiro atoms. The van der Waals surface area contributed by atoms with Crippen LogP contribution in [0.25, 0.3) is 0 Å². The first-order valence-electron chi connectivity index (χ1n) is 8.03. The number of benzene rings is 2. The van der Waals surface area contributed by atoms with Gasteiger partial charge in [-0.05, 0) is 18.1 Å². The fourth-order valence-corrected chi connectivity index (χ4v) is 2.97. The van der Waals surface area contributed by atoms with Gasteiger partial charge in [0.1, 0.15) is 0 Å². The maximum Gasteiger partial charge on any atom is 0.449 e. The monoisotopic (exact) mass is 364 g/mol. The molecule has 0 amide bonds. The second kappa shape index (κ2) is 8.17. The van der Waals surface area contributed by atoms with E-state index in [9.17, 15) is 22.8 Å². The summed E-state index contributed by atoms with van der Waals surface area (Å²) in [5.74, 6) is -4.56. The highest BCUT2D eigenvalue weighted by atomic mass is 19.4. The van der Waals surface area contributed by atoms with Crippen molar-refractivity contribution in [2.24, 2.45) is 0 Å². The summed E-state index contributed by atoms with van der Waals surface area (Å²) < 4.78 is 43.5. The smallest absolute Gasteiger partial charge is 0.449 e. The number of hydrogen-bond acceptors (Lipinski definition) is 3. The zero-order valence-electron chi connectivity index (χ0n) is 14.4. The number of ether oxygens (including phenoxy) is 1. The Hall–Kier alpha value is -2.63. The SMILES string of the molecule is COC(=O)[C@@H](c1cccc(C)c1)[C@@H](CC(=O)C(F)(F)F)c1ccccc1. The maximum absolute atomic E-state index is 12.9. The number of hydrogen-bond donors (Lipinski definition) is 0. The Kier molecular flexibility index (Phi) is 6.18. The number of carbonyl (C=O) groups is 2. The van der Waals surface area contributed by atoms with Gasteiger partial charge in [0.05, 0.1) is 13.0 Å². The number of alkyl halides is 3. The minimum Gasteiger partial charge on any atom is -0.469 e. The van der Waals surface area contributed by atoms with Crippen LogP contribution in [0.3, 0.4) is 0 Å². The van der Waals surface area contributed by atoms with Crippen molar-refractivity contribution in [1.29, 1.82) is 0 Å². The lowest BCUT2D eigenvalue weighted by atomic mass is 9.78. The molecule has 138 valence electrons. The van der Waals surface area contributed by atoms with Crippen molar-refractivity contribution in [3.05, 3.63) is 71.3 Å². The summed E-state index contributed by atoms with van der Waals surface area (Å²) in [5.41, 5.74) is 1.84. The Labute approximate surface area is 149 Å². The van der Waals surface area contributed by atoms with Gasteiger partial charge in [0.25, 0.3) is 0 Å². The third-order valence-electron chi connectivity index (χ3n) is 4.21. The second-order valence-corrected chi connectivity index (χ2v) is 6.06. The van der Waals surface area contributed by atoms with Crippen LogP contribution in [0.4, 0.5) is 13.2 Å². The molecule has 0 fully saturated rings. The van der Waals surface area contributed by atoms with Crippen molar-refractivity contribution in [3.63, 3.8) is 0 Å². The Morgan fingerprint density at radius 2 is 1.62 bits per heavy atom. The van der Waals surface area contributed by atoms with Gasteiger partial charge in [0.15, 0.2) is 0 Å². The van der Waals surface area contributed by atoms with E-state index in [0.29, 0.717) is 11.1 Å². The molecular weight excluding hydrogens is 345 g/mol. The summed E-state index contributed by atoms with van der Waals surface area (Å²) in [4.78, 5) is 24.1. The van der Waals surface area contributed by atoms with Gasteiger partial charge in [-0.25, -0.2) is 0 Å². The molecule has 6 heteroatoms. The Morgan fingerprint density at radius 3 is 2.15 bits per heavy atom. The molecule has 0 aromatic heterocycles. The molecule has 3 nitrogen and oxygen atoms in total. The second-order valence-electron chi connectivity index (χ2n) is 6.06. The fraction of sp³-hybridized carbons (Fsp3) is 0.300. The van der Waals surface area contributed by atoms with Crippen LogP contribution in [-0.2, 0) is 14.3 Å². The van der Waals surface area contributed by atoms with Gasteiger partial charge in [-0.2, -0.15) is 13.2 Å². The number of esters is 1. The van der Waals surface area contributed by atoms with E-state index < -0.39 is 36.2 Å². The zero-order chi connectivity index (χ0) is 19.3. The number of ketones is 1. The van der Waals surface area contributed by atoms with Crippen LogP contribution < -0.4 is 0 Å². The molecule has 0 saturated heterocycles. The van der Waals surface area contributed by atoms with Crippen molar-refractivity contribution >= 4 is 11.8 Å². The highest BCUT2D eigenvalue weighted by molar-refractivity contribution is 5.87. The fourth-order valence-electron chi connectivity index (χ4n) is 2.97. The van der Waals surface area contributed by atoms with Crippen LogP contribution in [0.2, 0.25) is 0 Å². The standard InChI is InChI=1S/C20H19F3O3/c1-13-7-6-10-15(11-13)18(19(25)26-2)16(12-17(24)20(21,22)23)14-8-4-3-5-9-14/h3-11,16,18H,12H2,1-2H3/t16-,18-/m0/s1. The first-order chi connectivity index (χ1) is 12.2. The summed E-state index contributed by atoms with van der Waals surface area (Å²) >= 11 is 0. The van der Waals surface area contributed by atoms with Crippen LogP contribution in [0.1, 0.15) is 34.9 Å². The molecule has 2 rings (SSSR count). The number of methoxy groups -OCH3 is 1. The van der Waals surface area contributed by atoms with Crippen LogP contribution in [0, 0.1) is 6.92 Å². The maximum atomic E-state index is 12.9. The van der Waals surface area contributed by atoms with E-state index in [-0.39, 0.29) is 0 Å². The molecule has 0 aliphatic rings. The number of rotatable bonds is 6. The van der Waals surface area contributed by atoms with E-state index >= 15 is 0 Å². The van der Waals surface area contributed by atoms with Gasteiger partial charge in [0, 0.05) is 12.3 Å². The molecule has 0 N–H and O–H groups in total. The first kappa shape index (κ1) is 19.7. The van der Waals surface area contributed by atoms with E-state index in [0.717, 1.165) is 5.56 Å². The summed E-state index contributed by atoms with van der Waals surface area (Å²) in [6.07, 6.45) is -5.79. The Balaban J connectivity index is 2.54. The van der Waals surface area contributed by atoms with Crippen molar-refractivity contribution in [1.82, 2.24) is 0 Å². The van der Waals surface area contributed by atoms with Crippen LogP contribution in [-0.4, -0.2) is 25.0 Å². The predicted molar refractivity (Wildman–Crippen MR) is 90.8 cm³/mol. The molecule has 2 aromatic carbocycles.